The number of para-hydroxylation sites is 1. The smallest absolute Gasteiger partial charge is 0.0726 e. The van der Waals surface area contributed by atoms with Gasteiger partial charge in [0.2, 0.25) is 0 Å². The Hall–Kier alpha value is -1.32. The number of aromatic nitrogens is 1. The van der Waals surface area contributed by atoms with Crippen LogP contribution in [0, 0.1) is 0 Å². The molecule has 3 nitrogen and oxygen atoms in total. The molecular formula is C22H34ClN3. The minimum Gasteiger partial charge on any atom is -0.384 e. The van der Waals surface area contributed by atoms with Crippen molar-refractivity contribution in [2.24, 2.45) is 0 Å². The van der Waals surface area contributed by atoms with Crippen molar-refractivity contribution in [1.82, 2.24) is 9.88 Å². The zero-order valence-corrected chi connectivity index (χ0v) is 17.2. The van der Waals surface area contributed by atoms with E-state index in [1.807, 2.05) is 0 Å². The number of pyridine rings is 1. The molecule has 0 saturated carbocycles. The van der Waals surface area contributed by atoms with E-state index in [1.54, 1.807) is 0 Å². The van der Waals surface area contributed by atoms with E-state index in [2.05, 4.69) is 48.6 Å². The number of aryl methyl sites for hydroxylation is 1. The molecule has 0 radical (unpaired) electrons. The van der Waals surface area contributed by atoms with Crippen molar-refractivity contribution in [2.45, 2.75) is 57.8 Å². The lowest BCUT2D eigenvalue weighted by Gasteiger charge is -2.21. The Kier molecular flexibility index (Phi) is 8.67. The van der Waals surface area contributed by atoms with Crippen molar-refractivity contribution < 1.29 is 0 Å². The first-order valence-electron chi connectivity index (χ1n) is 10.0. The standard InChI is InChI=1S/C22H33N3.ClH/c1-25(2)17-11-5-3-4-10-16-23-22-18-12-6-8-14-20(18)24-21-15-9-7-13-19(21)22;/h6,8,12,14H,3-5,7,9-11,13,15-17H2,1-2H3,(H,23,24);1H. The monoisotopic (exact) mass is 375 g/mol. The Bertz CT molecular complexity index is 684. The van der Waals surface area contributed by atoms with Crippen LogP contribution in [0.3, 0.4) is 0 Å². The minimum absolute atomic E-state index is 0. The number of benzene rings is 1. The summed E-state index contributed by atoms with van der Waals surface area (Å²) in [6.07, 6.45) is 11.5. The first-order chi connectivity index (χ1) is 12.3. The van der Waals surface area contributed by atoms with Crippen LogP contribution in [-0.4, -0.2) is 37.1 Å². The Balaban J connectivity index is 0.00000243. The second kappa shape index (κ2) is 10.7. The Morgan fingerprint density at radius 3 is 2.54 bits per heavy atom. The molecular weight excluding hydrogens is 342 g/mol. The Labute approximate surface area is 165 Å². The van der Waals surface area contributed by atoms with E-state index >= 15 is 0 Å². The molecule has 1 aromatic carbocycles. The number of nitrogens with one attached hydrogen (secondary N) is 1. The lowest BCUT2D eigenvalue weighted by Crippen LogP contribution is -2.13. The number of hydrogen-bond donors (Lipinski definition) is 1. The van der Waals surface area contributed by atoms with Crippen molar-refractivity contribution >= 4 is 29.0 Å². The number of halogens is 1. The van der Waals surface area contributed by atoms with Gasteiger partial charge in [0.1, 0.15) is 0 Å². The van der Waals surface area contributed by atoms with Crippen molar-refractivity contribution in [3.8, 4) is 0 Å². The highest BCUT2D eigenvalue weighted by Gasteiger charge is 2.17. The summed E-state index contributed by atoms with van der Waals surface area (Å²) in [6.45, 7) is 2.29. The molecule has 0 aliphatic heterocycles. The quantitative estimate of drug-likeness (QED) is 0.590. The van der Waals surface area contributed by atoms with Crippen LogP contribution in [0.15, 0.2) is 24.3 Å². The van der Waals surface area contributed by atoms with Gasteiger partial charge in [-0.1, -0.05) is 37.5 Å². The van der Waals surface area contributed by atoms with Crippen molar-refractivity contribution in [2.75, 3.05) is 32.5 Å². The highest BCUT2D eigenvalue weighted by atomic mass is 35.5. The molecule has 0 unspecified atom stereocenters. The van der Waals surface area contributed by atoms with Gasteiger partial charge in [-0.3, -0.25) is 4.98 Å². The maximum absolute atomic E-state index is 4.92. The zero-order valence-electron chi connectivity index (χ0n) is 16.4. The highest BCUT2D eigenvalue weighted by Crippen LogP contribution is 2.33. The van der Waals surface area contributed by atoms with E-state index in [4.69, 9.17) is 4.98 Å². The van der Waals surface area contributed by atoms with E-state index in [9.17, 15) is 0 Å². The van der Waals surface area contributed by atoms with Crippen LogP contribution >= 0.6 is 12.4 Å². The number of anilines is 1. The summed E-state index contributed by atoms with van der Waals surface area (Å²) < 4.78 is 0. The predicted molar refractivity (Wildman–Crippen MR) is 116 cm³/mol. The summed E-state index contributed by atoms with van der Waals surface area (Å²) in [6, 6.07) is 8.61. The average Bonchev–Trinajstić information content (AvgIpc) is 2.62. The van der Waals surface area contributed by atoms with Gasteiger partial charge < -0.3 is 10.2 Å². The minimum atomic E-state index is 0. The van der Waals surface area contributed by atoms with Gasteiger partial charge in [0.05, 0.1) is 5.52 Å². The fourth-order valence-electron chi connectivity index (χ4n) is 3.87. The molecule has 1 heterocycles. The fraction of sp³-hybridized carbons (Fsp3) is 0.591. The molecule has 1 aromatic heterocycles. The van der Waals surface area contributed by atoms with Crippen molar-refractivity contribution in [3.05, 3.63) is 35.5 Å². The first-order valence-corrected chi connectivity index (χ1v) is 10.0. The molecule has 1 aliphatic carbocycles. The molecule has 26 heavy (non-hydrogen) atoms. The number of nitrogens with zero attached hydrogens (tertiary/aromatic N) is 2. The van der Waals surface area contributed by atoms with Gasteiger partial charge in [-0.2, -0.15) is 0 Å². The van der Waals surface area contributed by atoms with Crippen LogP contribution in [-0.2, 0) is 12.8 Å². The molecule has 4 heteroatoms. The van der Waals surface area contributed by atoms with Crippen LogP contribution in [0.2, 0.25) is 0 Å². The van der Waals surface area contributed by atoms with Crippen LogP contribution in [0.4, 0.5) is 5.69 Å². The third-order valence-electron chi connectivity index (χ3n) is 5.25. The summed E-state index contributed by atoms with van der Waals surface area (Å²) >= 11 is 0. The third kappa shape index (κ3) is 5.59. The zero-order chi connectivity index (χ0) is 17.5. The Morgan fingerprint density at radius 1 is 0.962 bits per heavy atom. The second-order valence-corrected chi connectivity index (χ2v) is 7.63. The van der Waals surface area contributed by atoms with Gasteiger partial charge in [-0.05, 0) is 70.8 Å². The highest BCUT2D eigenvalue weighted by molar-refractivity contribution is 5.93. The molecule has 0 spiro atoms. The maximum atomic E-state index is 4.92. The molecule has 0 bridgehead atoms. The predicted octanol–water partition coefficient (Wildman–Crippen LogP) is 5.46. The number of rotatable bonds is 9. The van der Waals surface area contributed by atoms with Gasteiger partial charge in [-0.25, -0.2) is 0 Å². The third-order valence-corrected chi connectivity index (χ3v) is 5.25. The number of unbranched alkanes of at least 4 members (excludes halogenated alkanes) is 4. The molecule has 1 N–H and O–H groups in total. The summed E-state index contributed by atoms with van der Waals surface area (Å²) in [5, 5.41) is 5.08. The molecule has 0 saturated heterocycles. The van der Waals surface area contributed by atoms with E-state index in [0.29, 0.717) is 0 Å². The summed E-state index contributed by atoms with van der Waals surface area (Å²) in [7, 11) is 4.31. The molecule has 1 aliphatic rings. The average molecular weight is 376 g/mol. The van der Waals surface area contributed by atoms with Crippen molar-refractivity contribution in [3.63, 3.8) is 0 Å². The second-order valence-electron chi connectivity index (χ2n) is 7.63. The fourth-order valence-corrected chi connectivity index (χ4v) is 3.87. The van der Waals surface area contributed by atoms with E-state index in [0.717, 1.165) is 18.5 Å². The van der Waals surface area contributed by atoms with Gasteiger partial charge in [0.15, 0.2) is 0 Å². The molecule has 2 aromatic rings. The lowest BCUT2D eigenvalue weighted by molar-refractivity contribution is 0.390. The van der Waals surface area contributed by atoms with Gasteiger partial charge in [0, 0.05) is 23.3 Å². The van der Waals surface area contributed by atoms with Crippen LogP contribution in [0.5, 0.6) is 0 Å². The first kappa shape index (κ1) is 21.0. The number of fused-ring (bicyclic) bond motifs is 2. The van der Waals surface area contributed by atoms with Crippen LogP contribution in [0.25, 0.3) is 10.9 Å². The van der Waals surface area contributed by atoms with Crippen LogP contribution < -0.4 is 5.32 Å². The molecule has 0 atom stereocenters. The summed E-state index contributed by atoms with van der Waals surface area (Å²) in [5.74, 6) is 0. The van der Waals surface area contributed by atoms with Gasteiger partial charge in [-0.15, -0.1) is 12.4 Å². The maximum Gasteiger partial charge on any atom is 0.0726 e. The van der Waals surface area contributed by atoms with E-state index in [-0.39, 0.29) is 12.4 Å². The Morgan fingerprint density at radius 2 is 1.69 bits per heavy atom. The molecule has 3 rings (SSSR count). The summed E-state index contributed by atoms with van der Waals surface area (Å²) in [5.41, 5.74) is 5.33. The van der Waals surface area contributed by atoms with Crippen LogP contribution in [0.1, 0.15) is 56.2 Å². The van der Waals surface area contributed by atoms with E-state index < -0.39 is 0 Å². The van der Waals surface area contributed by atoms with Crippen molar-refractivity contribution in [1.29, 1.82) is 0 Å². The van der Waals surface area contributed by atoms with Gasteiger partial charge in [0.25, 0.3) is 0 Å². The molecule has 0 amide bonds. The topological polar surface area (TPSA) is 28.2 Å². The SMILES string of the molecule is CN(C)CCCCCCCNc1c2c(nc3ccccc13)CCCC2.Cl. The largest absolute Gasteiger partial charge is 0.384 e. The van der Waals surface area contributed by atoms with E-state index in [1.165, 1.54) is 80.2 Å². The number of hydrogen-bond acceptors (Lipinski definition) is 3. The molecule has 144 valence electrons. The van der Waals surface area contributed by atoms with Gasteiger partial charge >= 0.3 is 0 Å². The summed E-state index contributed by atoms with van der Waals surface area (Å²) in [4.78, 5) is 7.20. The molecule has 0 fully saturated rings. The lowest BCUT2D eigenvalue weighted by atomic mass is 9.92. The normalized spacial score (nSPS) is 13.5.